The summed E-state index contributed by atoms with van der Waals surface area (Å²) in [6.45, 7) is 7.75. The van der Waals surface area contributed by atoms with Crippen molar-refractivity contribution in [1.29, 1.82) is 0 Å². The molecule has 3 heteroatoms. The Hall–Kier alpha value is -2.13. The summed E-state index contributed by atoms with van der Waals surface area (Å²) in [4.78, 5) is 15.2. The second-order valence-corrected chi connectivity index (χ2v) is 7.75. The number of amides is 1. The van der Waals surface area contributed by atoms with Gasteiger partial charge in [-0.25, -0.2) is 0 Å². The highest BCUT2D eigenvalue weighted by Gasteiger charge is 2.17. The van der Waals surface area contributed by atoms with Gasteiger partial charge in [-0.1, -0.05) is 56.3 Å². The molecule has 1 atom stereocenters. The summed E-state index contributed by atoms with van der Waals surface area (Å²) in [6.07, 6.45) is 3.54. The number of nitrogens with zero attached hydrogens (tertiary/aromatic N) is 1. The molecule has 1 aliphatic heterocycles. The molecule has 0 aromatic heterocycles. The van der Waals surface area contributed by atoms with Crippen molar-refractivity contribution in [3.8, 4) is 0 Å². The van der Waals surface area contributed by atoms with Gasteiger partial charge in [0.05, 0.1) is 6.04 Å². The number of carbonyl (C=O) groups excluding carboxylic acids is 1. The van der Waals surface area contributed by atoms with Gasteiger partial charge < -0.3 is 5.32 Å². The van der Waals surface area contributed by atoms with Crippen molar-refractivity contribution in [2.45, 2.75) is 45.7 Å². The molecule has 1 aliphatic rings. The molecule has 0 bridgehead atoms. The highest BCUT2D eigenvalue weighted by Crippen LogP contribution is 2.22. The predicted molar refractivity (Wildman–Crippen MR) is 107 cm³/mol. The molecule has 2 aromatic carbocycles. The molecule has 26 heavy (non-hydrogen) atoms. The van der Waals surface area contributed by atoms with Crippen molar-refractivity contribution in [2.24, 2.45) is 5.92 Å². The summed E-state index contributed by atoms with van der Waals surface area (Å²) < 4.78 is 0. The summed E-state index contributed by atoms with van der Waals surface area (Å²) in [5, 5.41) is 3.22. The van der Waals surface area contributed by atoms with E-state index in [-0.39, 0.29) is 11.9 Å². The molecule has 138 valence electrons. The van der Waals surface area contributed by atoms with Crippen LogP contribution in [0.3, 0.4) is 0 Å². The Morgan fingerprint density at radius 1 is 1.00 bits per heavy atom. The van der Waals surface area contributed by atoms with E-state index in [4.69, 9.17) is 0 Å². The van der Waals surface area contributed by atoms with E-state index >= 15 is 0 Å². The minimum Gasteiger partial charge on any atom is -0.345 e. The van der Waals surface area contributed by atoms with Gasteiger partial charge in [-0.05, 0) is 61.5 Å². The largest absolute Gasteiger partial charge is 0.345 e. The van der Waals surface area contributed by atoms with Crippen LogP contribution in [0.5, 0.6) is 0 Å². The van der Waals surface area contributed by atoms with Gasteiger partial charge in [-0.2, -0.15) is 0 Å². The first-order valence-corrected chi connectivity index (χ1v) is 9.79. The van der Waals surface area contributed by atoms with Crippen molar-refractivity contribution in [1.82, 2.24) is 10.2 Å². The Kier molecular flexibility index (Phi) is 6.45. The number of hydrogen-bond donors (Lipinski definition) is 1. The summed E-state index contributed by atoms with van der Waals surface area (Å²) in [6, 6.07) is 18.4. The second-order valence-electron chi connectivity index (χ2n) is 7.75. The zero-order valence-corrected chi connectivity index (χ0v) is 15.9. The molecular weight excluding hydrogens is 320 g/mol. The standard InChI is InChI=1S/C23H30N2O/c1-18(2)16-22(20-8-4-3-5-9-20)24-23(26)21-12-10-19(11-13-21)17-25-14-6-7-15-25/h3-5,8-13,18,22H,6-7,14-17H2,1-2H3,(H,24,26). The van der Waals surface area contributed by atoms with Crippen molar-refractivity contribution in [3.63, 3.8) is 0 Å². The van der Waals surface area contributed by atoms with E-state index in [2.05, 4.69) is 48.3 Å². The second kappa shape index (κ2) is 9.00. The maximum Gasteiger partial charge on any atom is 0.251 e. The van der Waals surface area contributed by atoms with Gasteiger partial charge >= 0.3 is 0 Å². The third kappa shape index (κ3) is 5.18. The first-order chi connectivity index (χ1) is 12.6. The average molecular weight is 351 g/mol. The van der Waals surface area contributed by atoms with Crippen molar-refractivity contribution < 1.29 is 4.79 Å². The van der Waals surface area contributed by atoms with Gasteiger partial charge in [0.2, 0.25) is 0 Å². The van der Waals surface area contributed by atoms with Gasteiger partial charge in [0.1, 0.15) is 0 Å². The third-order valence-corrected chi connectivity index (χ3v) is 5.04. The van der Waals surface area contributed by atoms with Crippen LogP contribution in [0.2, 0.25) is 0 Å². The Labute approximate surface area is 157 Å². The van der Waals surface area contributed by atoms with Gasteiger partial charge in [-0.15, -0.1) is 0 Å². The molecule has 0 saturated carbocycles. The van der Waals surface area contributed by atoms with Crippen LogP contribution in [0.1, 0.15) is 60.6 Å². The molecule has 3 rings (SSSR count). The molecule has 0 spiro atoms. The summed E-state index contributed by atoms with van der Waals surface area (Å²) in [5.74, 6) is 0.524. The van der Waals surface area contributed by atoms with Crippen molar-refractivity contribution >= 4 is 5.91 Å². The van der Waals surface area contributed by atoms with E-state index in [0.29, 0.717) is 5.92 Å². The monoisotopic (exact) mass is 350 g/mol. The fourth-order valence-electron chi connectivity index (χ4n) is 3.64. The lowest BCUT2D eigenvalue weighted by Crippen LogP contribution is -2.29. The molecular formula is C23H30N2O. The number of rotatable bonds is 7. The molecule has 1 N–H and O–H groups in total. The lowest BCUT2D eigenvalue weighted by atomic mass is 9.96. The molecule has 0 aliphatic carbocycles. The van der Waals surface area contributed by atoms with Gasteiger partial charge in [0.25, 0.3) is 5.91 Å². The van der Waals surface area contributed by atoms with E-state index in [1.807, 2.05) is 30.3 Å². The smallest absolute Gasteiger partial charge is 0.251 e. The van der Waals surface area contributed by atoms with Crippen LogP contribution >= 0.6 is 0 Å². The van der Waals surface area contributed by atoms with Crippen LogP contribution < -0.4 is 5.32 Å². The zero-order chi connectivity index (χ0) is 18.4. The summed E-state index contributed by atoms with van der Waals surface area (Å²) >= 11 is 0. The highest BCUT2D eigenvalue weighted by atomic mass is 16.1. The number of benzene rings is 2. The topological polar surface area (TPSA) is 32.3 Å². The van der Waals surface area contributed by atoms with Crippen LogP contribution in [0.4, 0.5) is 0 Å². The molecule has 3 nitrogen and oxygen atoms in total. The minimum absolute atomic E-state index is 0.00669. The molecule has 1 unspecified atom stereocenters. The van der Waals surface area contributed by atoms with E-state index in [0.717, 1.165) is 18.5 Å². The van der Waals surface area contributed by atoms with E-state index in [1.165, 1.54) is 37.1 Å². The third-order valence-electron chi connectivity index (χ3n) is 5.04. The van der Waals surface area contributed by atoms with Gasteiger partial charge in [-0.3, -0.25) is 9.69 Å². The zero-order valence-electron chi connectivity index (χ0n) is 15.9. The first-order valence-electron chi connectivity index (χ1n) is 9.79. The highest BCUT2D eigenvalue weighted by molar-refractivity contribution is 5.94. The van der Waals surface area contributed by atoms with Crippen molar-refractivity contribution in [2.75, 3.05) is 13.1 Å². The molecule has 1 amide bonds. The van der Waals surface area contributed by atoms with Crippen LogP contribution in [-0.4, -0.2) is 23.9 Å². The van der Waals surface area contributed by atoms with E-state index < -0.39 is 0 Å². The van der Waals surface area contributed by atoms with E-state index in [1.54, 1.807) is 0 Å². The van der Waals surface area contributed by atoms with Crippen LogP contribution in [-0.2, 0) is 6.54 Å². The van der Waals surface area contributed by atoms with Crippen LogP contribution in [0.25, 0.3) is 0 Å². The molecule has 1 saturated heterocycles. The van der Waals surface area contributed by atoms with Crippen LogP contribution in [0, 0.1) is 5.92 Å². The minimum atomic E-state index is 0.00669. The molecule has 2 aromatic rings. The number of nitrogens with one attached hydrogen (secondary N) is 1. The predicted octanol–water partition coefficient (Wildman–Crippen LogP) is 4.80. The fourth-order valence-corrected chi connectivity index (χ4v) is 3.64. The van der Waals surface area contributed by atoms with Gasteiger partial charge in [0.15, 0.2) is 0 Å². The number of likely N-dealkylation sites (tertiary alicyclic amines) is 1. The van der Waals surface area contributed by atoms with Crippen molar-refractivity contribution in [3.05, 3.63) is 71.3 Å². The summed E-state index contributed by atoms with van der Waals surface area (Å²) in [7, 11) is 0. The first kappa shape index (κ1) is 18.7. The molecule has 1 heterocycles. The summed E-state index contributed by atoms with van der Waals surface area (Å²) in [5.41, 5.74) is 3.19. The number of hydrogen-bond acceptors (Lipinski definition) is 2. The Balaban J connectivity index is 1.65. The normalized spacial score (nSPS) is 16.0. The Morgan fingerprint density at radius 3 is 2.27 bits per heavy atom. The lowest BCUT2D eigenvalue weighted by molar-refractivity contribution is 0.0932. The quantitative estimate of drug-likeness (QED) is 0.778. The average Bonchev–Trinajstić information content (AvgIpc) is 3.15. The maximum absolute atomic E-state index is 12.7. The molecule has 0 radical (unpaired) electrons. The van der Waals surface area contributed by atoms with Gasteiger partial charge in [0, 0.05) is 12.1 Å². The van der Waals surface area contributed by atoms with Crippen LogP contribution in [0.15, 0.2) is 54.6 Å². The maximum atomic E-state index is 12.7. The molecule has 1 fully saturated rings. The Bertz CT molecular complexity index is 688. The SMILES string of the molecule is CC(C)CC(NC(=O)c1ccc(CN2CCCC2)cc1)c1ccccc1. The number of carbonyl (C=O) groups is 1. The van der Waals surface area contributed by atoms with E-state index in [9.17, 15) is 4.79 Å². The fraction of sp³-hybridized carbons (Fsp3) is 0.435. The Morgan fingerprint density at radius 2 is 1.65 bits per heavy atom. The lowest BCUT2D eigenvalue weighted by Gasteiger charge is -2.21.